The topological polar surface area (TPSA) is 112 Å². The third kappa shape index (κ3) is 3.14. The quantitative estimate of drug-likeness (QED) is 0.423. The number of phenolic OH excluding ortho intramolecular Hbond substituents is 1. The lowest BCUT2D eigenvalue weighted by atomic mass is 9.91. The largest absolute Gasteiger partial charge is 0.508 e. The van der Waals surface area contributed by atoms with Crippen LogP contribution >= 0.6 is 0 Å². The zero-order valence-corrected chi connectivity index (χ0v) is 18.8. The number of aromatic hydroxyl groups is 1. The molecular formula is C26H24N6O2. The number of aromatic nitrogens is 5. The summed E-state index contributed by atoms with van der Waals surface area (Å²) in [6.07, 6.45) is 4.53. The fraction of sp³-hybridized carbons (Fsp3) is 0.231. The summed E-state index contributed by atoms with van der Waals surface area (Å²) in [5, 5.41) is 17.2. The molecule has 1 fully saturated rings. The minimum Gasteiger partial charge on any atom is -0.508 e. The van der Waals surface area contributed by atoms with E-state index in [9.17, 15) is 9.90 Å². The van der Waals surface area contributed by atoms with Crippen molar-refractivity contribution in [1.82, 2.24) is 24.3 Å². The van der Waals surface area contributed by atoms with Gasteiger partial charge in [-0.25, -0.2) is 14.6 Å². The number of rotatable bonds is 4. The Bertz CT molecular complexity index is 1630. The second-order valence-corrected chi connectivity index (χ2v) is 8.95. The molecule has 170 valence electrons. The summed E-state index contributed by atoms with van der Waals surface area (Å²) in [4.78, 5) is 22.3. The molecule has 0 unspecified atom stereocenters. The molecule has 0 saturated heterocycles. The van der Waals surface area contributed by atoms with Crippen molar-refractivity contribution in [2.75, 3.05) is 5.73 Å². The lowest BCUT2D eigenvalue weighted by molar-refractivity contribution is 0.298. The van der Waals surface area contributed by atoms with E-state index in [0.717, 1.165) is 46.9 Å². The minimum absolute atomic E-state index is 0.0501. The predicted octanol–water partition coefficient (Wildman–Crippen LogP) is 4.18. The van der Waals surface area contributed by atoms with Crippen LogP contribution in [0.5, 0.6) is 5.75 Å². The number of anilines is 1. The second kappa shape index (κ2) is 7.69. The van der Waals surface area contributed by atoms with E-state index in [1.54, 1.807) is 22.9 Å². The number of hydrogen-bond acceptors (Lipinski definition) is 6. The molecule has 8 nitrogen and oxygen atoms in total. The maximum Gasteiger partial charge on any atom is 0.259 e. The van der Waals surface area contributed by atoms with Gasteiger partial charge in [-0.2, -0.15) is 5.10 Å². The van der Waals surface area contributed by atoms with Crippen molar-refractivity contribution in [3.8, 4) is 17.0 Å². The van der Waals surface area contributed by atoms with Gasteiger partial charge in [0, 0.05) is 17.3 Å². The van der Waals surface area contributed by atoms with Crippen molar-refractivity contribution >= 4 is 27.6 Å². The summed E-state index contributed by atoms with van der Waals surface area (Å²) < 4.78 is 3.73. The van der Waals surface area contributed by atoms with Crippen LogP contribution in [0.1, 0.15) is 36.6 Å². The Morgan fingerprint density at radius 3 is 2.68 bits per heavy atom. The maximum atomic E-state index is 13.6. The first-order valence-corrected chi connectivity index (χ1v) is 11.4. The van der Waals surface area contributed by atoms with Crippen LogP contribution in [0.25, 0.3) is 33.1 Å². The number of phenols is 1. The molecule has 0 spiro atoms. The van der Waals surface area contributed by atoms with Crippen molar-refractivity contribution in [1.29, 1.82) is 0 Å². The van der Waals surface area contributed by atoms with Crippen LogP contribution in [-0.2, 0) is 6.54 Å². The van der Waals surface area contributed by atoms with Gasteiger partial charge < -0.3 is 15.4 Å². The number of nitrogens with two attached hydrogens (primary N) is 1. The number of fused-ring (bicyclic) bond motifs is 2. The number of nitrogens with zero attached hydrogens (tertiary/aromatic N) is 5. The molecule has 1 aliphatic rings. The molecule has 0 amide bonds. The van der Waals surface area contributed by atoms with Crippen LogP contribution in [-0.4, -0.2) is 29.4 Å². The molecule has 3 aromatic heterocycles. The average Bonchev–Trinajstić information content (AvgIpc) is 3.15. The van der Waals surface area contributed by atoms with Crippen LogP contribution < -0.4 is 11.3 Å². The van der Waals surface area contributed by atoms with Gasteiger partial charge in [-0.15, -0.1) is 0 Å². The lowest BCUT2D eigenvalue weighted by Gasteiger charge is -2.30. The Kier molecular flexibility index (Phi) is 4.62. The molecule has 3 heterocycles. The number of pyridine rings is 1. The first-order valence-electron chi connectivity index (χ1n) is 11.4. The molecule has 3 N–H and O–H groups in total. The minimum atomic E-state index is 0.0501. The van der Waals surface area contributed by atoms with E-state index in [2.05, 4.69) is 16.0 Å². The highest BCUT2D eigenvalue weighted by atomic mass is 16.3. The first kappa shape index (κ1) is 20.4. The monoisotopic (exact) mass is 452 g/mol. The molecule has 0 radical (unpaired) electrons. The van der Waals surface area contributed by atoms with E-state index >= 15 is 0 Å². The summed E-state index contributed by atoms with van der Waals surface area (Å²) in [5.41, 5.74) is 10.1. The molecular weight excluding hydrogens is 428 g/mol. The second-order valence-electron chi connectivity index (χ2n) is 8.95. The van der Waals surface area contributed by atoms with Crippen LogP contribution in [0.4, 0.5) is 5.82 Å². The van der Waals surface area contributed by atoms with Gasteiger partial charge in [0.15, 0.2) is 5.65 Å². The SMILES string of the molecule is Cc1cccc2cc(Cn3nc(-c4cccc(O)c4)c4c(N)ncnc43)n(C3CCC3)c(=O)c12. The zero-order chi connectivity index (χ0) is 23.4. The number of nitrogen functional groups attached to an aromatic ring is 1. The molecule has 34 heavy (non-hydrogen) atoms. The third-order valence-corrected chi connectivity index (χ3v) is 6.80. The summed E-state index contributed by atoms with van der Waals surface area (Å²) in [7, 11) is 0. The predicted molar refractivity (Wildman–Crippen MR) is 132 cm³/mol. The Hall–Kier alpha value is -4.20. The maximum absolute atomic E-state index is 13.6. The van der Waals surface area contributed by atoms with Gasteiger partial charge in [0.25, 0.3) is 5.56 Å². The van der Waals surface area contributed by atoms with E-state index in [0.29, 0.717) is 29.1 Å². The molecule has 1 saturated carbocycles. The number of benzene rings is 2. The molecule has 6 rings (SSSR count). The standard InChI is InChI=1S/C26H24N6O2/c1-15-5-2-6-16-11-19(32(18-8-4-9-18)26(34)21(15)16)13-31-25-22(24(27)28-14-29-25)23(30-31)17-7-3-10-20(33)12-17/h2-3,5-7,10-12,14,18,33H,4,8-9,13H2,1H3,(H2,27,28,29). The van der Waals surface area contributed by atoms with Gasteiger partial charge in [0.2, 0.25) is 0 Å². The zero-order valence-electron chi connectivity index (χ0n) is 18.8. The molecule has 1 aliphatic carbocycles. The fourth-order valence-electron chi connectivity index (χ4n) is 4.92. The highest BCUT2D eigenvalue weighted by Crippen LogP contribution is 2.34. The van der Waals surface area contributed by atoms with E-state index in [1.165, 1.54) is 6.33 Å². The van der Waals surface area contributed by atoms with Gasteiger partial charge in [0.05, 0.1) is 17.3 Å². The molecule has 5 aromatic rings. The molecule has 8 heteroatoms. The van der Waals surface area contributed by atoms with E-state index in [1.807, 2.05) is 35.8 Å². The summed E-state index contributed by atoms with van der Waals surface area (Å²) in [6.45, 7) is 2.35. The Labute approximate surface area is 195 Å². The molecule has 0 aliphatic heterocycles. The van der Waals surface area contributed by atoms with Crippen molar-refractivity contribution in [2.45, 2.75) is 38.8 Å². The summed E-state index contributed by atoms with van der Waals surface area (Å²) >= 11 is 0. The van der Waals surface area contributed by atoms with E-state index in [-0.39, 0.29) is 17.4 Å². The normalized spacial score (nSPS) is 14.0. The summed E-state index contributed by atoms with van der Waals surface area (Å²) in [5.74, 6) is 0.458. The van der Waals surface area contributed by atoms with Crippen molar-refractivity contribution in [3.63, 3.8) is 0 Å². The van der Waals surface area contributed by atoms with Crippen LogP contribution in [0.15, 0.2) is 59.7 Å². The molecule has 0 atom stereocenters. The smallest absolute Gasteiger partial charge is 0.259 e. The fourth-order valence-corrected chi connectivity index (χ4v) is 4.92. The van der Waals surface area contributed by atoms with Crippen molar-refractivity contribution < 1.29 is 5.11 Å². The van der Waals surface area contributed by atoms with Gasteiger partial charge in [-0.05, 0) is 55.3 Å². The summed E-state index contributed by atoms with van der Waals surface area (Å²) in [6, 6.07) is 15.1. The van der Waals surface area contributed by atoms with E-state index < -0.39 is 0 Å². The van der Waals surface area contributed by atoms with Gasteiger partial charge in [-0.3, -0.25) is 4.79 Å². The van der Waals surface area contributed by atoms with E-state index in [4.69, 9.17) is 10.8 Å². The Morgan fingerprint density at radius 2 is 1.91 bits per heavy atom. The van der Waals surface area contributed by atoms with Gasteiger partial charge >= 0.3 is 0 Å². The highest BCUT2D eigenvalue weighted by molar-refractivity contribution is 5.98. The number of aryl methyl sites for hydroxylation is 1. The van der Waals surface area contributed by atoms with Crippen LogP contribution in [0.2, 0.25) is 0 Å². The number of hydrogen-bond donors (Lipinski definition) is 2. The van der Waals surface area contributed by atoms with Crippen molar-refractivity contribution in [3.05, 3.63) is 76.5 Å². The average molecular weight is 453 g/mol. The lowest BCUT2D eigenvalue weighted by Crippen LogP contribution is -2.32. The molecule has 2 aromatic carbocycles. The Balaban J connectivity index is 1.57. The van der Waals surface area contributed by atoms with Crippen LogP contribution in [0, 0.1) is 6.92 Å². The first-order chi connectivity index (χ1) is 16.5. The Morgan fingerprint density at radius 1 is 1.09 bits per heavy atom. The van der Waals surface area contributed by atoms with Crippen molar-refractivity contribution in [2.24, 2.45) is 0 Å². The van der Waals surface area contributed by atoms with Crippen LogP contribution in [0.3, 0.4) is 0 Å². The third-order valence-electron chi connectivity index (χ3n) is 6.80. The van der Waals surface area contributed by atoms with Gasteiger partial charge in [-0.1, -0.05) is 30.3 Å². The molecule has 0 bridgehead atoms. The van der Waals surface area contributed by atoms with Gasteiger partial charge in [0.1, 0.15) is 23.6 Å². The highest BCUT2D eigenvalue weighted by Gasteiger charge is 2.25.